The van der Waals surface area contributed by atoms with Crippen molar-refractivity contribution in [3.8, 4) is 11.5 Å². The Morgan fingerprint density at radius 3 is 2.70 bits per heavy atom. The first-order valence-corrected chi connectivity index (χ1v) is 8.00. The maximum absolute atomic E-state index is 5.96. The van der Waals surface area contributed by atoms with E-state index in [2.05, 4.69) is 4.90 Å². The average molecular weight is 298 g/mol. The van der Waals surface area contributed by atoms with E-state index in [1.807, 2.05) is 31.2 Å². The Morgan fingerprint density at radius 1 is 1.25 bits per heavy atom. The van der Waals surface area contributed by atoms with E-state index in [1.54, 1.807) is 0 Å². The number of rotatable bonds is 7. The average Bonchev–Trinajstić information content (AvgIpc) is 2.49. The smallest absolute Gasteiger partial charge is 0.161 e. The predicted octanol–water partition coefficient (Wildman–Crippen LogP) is 3.41. The highest BCUT2D eigenvalue weighted by atomic mass is 35.5. The van der Waals surface area contributed by atoms with Gasteiger partial charge in [0.05, 0.1) is 6.61 Å². The molecule has 20 heavy (non-hydrogen) atoms. The highest BCUT2D eigenvalue weighted by Crippen LogP contribution is 2.26. The molecule has 0 N–H and O–H groups in total. The molecule has 2 rings (SSSR count). The van der Waals surface area contributed by atoms with Crippen LogP contribution in [0.1, 0.15) is 19.8 Å². The molecule has 1 unspecified atom stereocenters. The zero-order valence-corrected chi connectivity index (χ0v) is 12.9. The number of ether oxygens (including phenoxy) is 2. The third-order valence-corrected chi connectivity index (χ3v) is 4.07. The number of nitrogens with zero attached hydrogens (tertiary/aromatic N) is 1. The van der Waals surface area contributed by atoms with Gasteiger partial charge in [-0.05, 0) is 44.4 Å². The summed E-state index contributed by atoms with van der Waals surface area (Å²) in [6.45, 7) is 6.54. The number of likely N-dealkylation sites (tertiary alicyclic amines) is 1. The van der Waals surface area contributed by atoms with Gasteiger partial charge in [0.2, 0.25) is 0 Å². The van der Waals surface area contributed by atoms with Crippen LogP contribution in [0.3, 0.4) is 0 Å². The van der Waals surface area contributed by atoms with Crippen molar-refractivity contribution < 1.29 is 9.47 Å². The minimum absolute atomic E-state index is 0.640. The lowest BCUT2D eigenvalue weighted by Gasteiger charge is -2.31. The van der Waals surface area contributed by atoms with Crippen LogP contribution >= 0.6 is 11.6 Å². The van der Waals surface area contributed by atoms with E-state index in [-0.39, 0.29) is 0 Å². The van der Waals surface area contributed by atoms with E-state index in [0.29, 0.717) is 19.1 Å². The van der Waals surface area contributed by atoms with Gasteiger partial charge in [0.1, 0.15) is 6.61 Å². The zero-order chi connectivity index (χ0) is 14.2. The molecule has 0 saturated carbocycles. The Balaban J connectivity index is 1.78. The first-order chi connectivity index (χ1) is 9.83. The molecule has 1 atom stereocenters. The van der Waals surface area contributed by atoms with Crippen LogP contribution < -0.4 is 9.47 Å². The quantitative estimate of drug-likeness (QED) is 0.720. The molecule has 0 amide bonds. The fourth-order valence-corrected chi connectivity index (χ4v) is 2.86. The van der Waals surface area contributed by atoms with Gasteiger partial charge >= 0.3 is 0 Å². The predicted molar refractivity (Wildman–Crippen MR) is 83.0 cm³/mol. The summed E-state index contributed by atoms with van der Waals surface area (Å²) in [5.74, 6) is 3.07. The second-order valence-corrected chi connectivity index (χ2v) is 5.50. The standard InChI is InChI=1S/C16H24ClNO2/c1-2-19-15-7-3-4-8-16(15)20-11-10-18-9-5-6-14(12-17)13-18/h3-4,7-8,14H,2,5-6,9-13H2,1H3. The Labute approximate surface area is 126 Å². The SMILES string of the molecule is CCOc1ccccc1OCCN1CCCC(CCl)C1. The largest absolute Gasteiger partial charge is 0.490 e. The molecule has 1 heterocycles. The molecule has 0 aliphatic carbocycles. The molecule has 1 aliphatic heterocycles. The fourth-order valence-electron chi connectivity index (χ4n) is 2.61. The van der Waals surface area contributed by atoms with Crippen LogP contribution in [0, 0.1) is 5.92 Å². The van der Waals surface area contributed by atoms with Gasteiger partial charge in [0, 0.05) is 19.0 Å². The summed E-state index contributed by atoms with van der Waals surface area (Å²) in [5.41, 5.74) is 0. The lowest BCUT2D eigenvalue weighted by atomic mass is 10.0. The zero-order valence-electron chi connectivity index (χ0n) is 12.2. The molecule has 112 valence electrons. The maximum Gasteiger partial charge on any atom is 0.161 e. The summed E-state index contributed by atoms with van der Waals surface area (Å²) in [4.78, 5) is 2.44. The molecule has 1 fully saturated rings. The van der Waals surface area contributed by atoms with Crippen LogP contribution in [0.15, 0.2) is 24.3 Å². The minimum atomic E-state index is 0.640. The van der Waals surface area contributed by atoms with Gasteiger partial charge in [-0.1, -0.05) is 12.1 Å². The Kier molecular flexibility index (Phi) is 6.48. The first-order valence-electron chi connectivity index (χ1n) is 7.46. The highest BCUT2D eigenvalue weighted by Gasteiger charge is 2.18. The van der Waals surface area contributed by atoms with E-state index in [0.717, 1.165) is 37.0 Å². The van der Waals surface area contributed by atoms with Gasteiger partial charge in [-0.3, -0.25) is 4.90 Å². The summed E-state index contributed by atoms with van der Waals surface area (Å²) >= 11 is 5.96. The topological polar surface area (TPSA) is 21.7 Å². The fraction of sp³-hybridized carbons (Fsp3) is 0.625. The number of piperidine rings is 1. The van der Waals surface area contributed by atoms with Crippen LogP contribution in [0.25, 0.3) is 0 Å². The highest BCUT2D eigenvalue weighted by molar-refractivity contribution is 6.18. The van der Waals surface area contributed by atoms with Crippen molar-refractivity contribution in [2.45, 2.75) is 19.8 Å². The molecule has 0 spiro atoms. The normalized spacial score (nSPS) is 19.8. The first kappa shape index (κ1) is 15.5. The van der Waals surface area contributed by atoms with Crippen molar-refractivity contribution in [1.82, 2.24) is 4.90 Å². The van der Waals surface area contributed by atoms with Crippen LogP contribution in [0.5, 0.6) is 11.5 Å². The van der Waals surface area contributed by atoms with E-state index in [1.165, 1.54) is 12.8 Å². The molecule has 1 aliphatic rings. The van der Waals surface area contributed by atoms with Gasteiger partial charge in [-0.25, -0.2) is 0 Å². The lowest BCUT2D eigenvalue weighted by Crippen LogP contribution is -2.38. The molecule has 1 saturated heterocycles. The van der Waals surface area contributed by atoms with Crippen molar-refractivity contribution in [3.63, 3.8) is 0 Å². The summed E-state index contributed by atoms with van der Waals surface area (Å²) < 4.78 is 11.4. The van der Waals surface area contributed by atoms with E-state index >= 15 is 0 Å². The maximum atomic E-state index is 5.96. The van der Waals surface area contributed by atoms with E-state index in [4.69, 9.17) is 21.1 Å². The summed E-state index contributed by atoms with van der Waals surface area (Å²) in [7, 11) is 0. The summed E-state index contributed by atoms with van der Waals surface area (Å²) in [5, 5.41) is 0. The number of hydrogen-bond donors (Lipinski definition) is 0. The van der Waals surface area contributed by atoms with Crippen molar-refractivity contribution in [2.24, 2.45) is 5.92 Å². The molecule has 1 aromatic rings. The monoisotopic (exact) mass is 297 g/mol. The molecule has 0 radical (unpaired) electrons. The van der Waals surface area contributed by atoms with Crippen LogP contribution in [-0.4, -0.2) is 43.6 Å². The van der Waals surface area contributed by atoms with Gasteiger partial charge < -0.3 is 9.47 Å². The number of para-hydroxylation sites is 2. The molecule has 4 heteroatoms. The third-order valence-electron chi connectivity index (χ3n) is 3.64. The molecule has 1 aromatic carbocycles. The van der Waals surface area contributed by atoms with Crippen molar-refractivity contribution in [2.75, 3.05) is 38.7 Å². The number of benzene rings is 1. The second kappa shape index (κ2) is 8.38. The Bertz CT molecular complexity index is 400. The summed E-state index contributed by atoms with van der Waals surface area (Å²) in [6.07, 6.45) is 2.50. The van der Waals surface area contributed by atoms with Gasteiger partial charge in [-0.2, -0.15) is 0 Å². The van der Waals surface area contributed by atoms with Gasteiger partial charge in [-0.15, -0.1) is 11.6 Å². The number of hydrogen-bond acceptors (Lipinski definition) is 3. The van der Waals surface area contributed by atoms with Gasteiger partial charge in [0.15, 0.2) is 11.5 Å². The molecule has 0 bridgehead atoms. The number of halogens is 1. The van der Waals surface area contributed by atoms with E-state index < -0.39 is 0 Å². The third kappa shape index (κ3) is 4.57. The minimum Gasteiger partial charge on any atom is -0.490 e. The number of alkyl halides is 1. The molecular formula is C16H24ClNO2. The lowest BCUT2D eigenvalue weighted by molar-refractivity contribution is 0.152. The van der Waals surface area contributed by atoms with Crippen molar-refractivity contribution >= 4 is 11.6 Å². The summed E-state index contributed by atoms with van der Waals surface area (Å²) in [6, 6.07) is 7.85. The van der Waals surface area contributed by atoms with Crippen LogP contribution in [0.4, 0.5) is 0 Å². The van der Waals surface area contributed by atoms with Crippen molar-refractivity contribution in [3.05, 3.63) is 24.3 Å². The van der Waals surface area contributed by atoms with Gasteiger partial charge in [0.25, 0.3) is 0 Å². The van der Waals surface area contributed by atoms with Crippen LogP contribution in [-0.2, 0) is 0 Å². The second-order valence-electron chi connectivity index (χ2n) is 5.19. The molecular weight excluding hydrogens is 274 g/mol. The van der Waals surface area contributed by atoms with Crippen LogP contribution in [0.2, 0.25) is 0 Å². The Hall–Kier alpha value is -0.930. The molecule has 0 aromatic heterocycles. The van der Waals surface area contributed by atoms with Crippen molar-refractivity contribution in [1.29, 1.82) is 0 Å². The molecule has 3 nitrogen and oxygen atoms in total. The van der Waals surface area contributed by atoms with E-state index in [9.17, 15) is 0 Å². The Morgan fingerprint density at radius 2 is 2.00 bits per heavy atom.